The molecule has 2 saturated heterocycles. The number of furan rings is 1. The number of esters is 2. The minimum Gasteiger partial charge on any atom is -0.472 e. The fourth-order valence-electron chi connectivity index (χ4n) is 6.16. The monoisotopic (exact) mass is 358 g/mol. The van der Waals surface area contributed by atoms with E-state index in [-0.39, 0.29) is 23.9 Å². The zero-order chi connectivity index (χ0) is 18.3. The number of aliphatic hydroxyl groups is 1. The summed E-state index contributed by atoms with van der Waals surface area (Å²) in [6, 6.07) is 1.81. The predicted octanol–water partition coefficient (Wildman–Crippen LogP) is 2.53. The smallest absolute Gasteiger partial charge is 0.343 e. The summed E-state index contributed by atoms with van der Waals surface area (Å²) in [4.78, 5) is 25.2. The Balaban J connectivity index is 1.61. The van der Waals surface area contributed by atoms with Crippen molar-refractivity contribution in [2.75, 3.05) is 0 Å². The van der Waals surface area contributed by atoms with Crippen molar-refractivity contribution in [2.24, 2.45) is 22.7 Å². The third-order valence-electron chi connectivity index (χ3n) is 7.51. The largest absolute Gasteiger partial charge is 0.472 e. The van der Waals surface area contributed by atoms with E-state index < -0.39 is 28.5 Å². The molecule has 3 aliphatic heterocycles. The molecule has 2 bridgehead atoms. The number of hydrogen-bond acceptors (Lipinski definition) is 6. The van der Waals surface area contributed by atoms with Crippen LogP contribution in [0.2, 0.25) is 0 Å². The van der Waals surface area contributed by atoms with Crippen molar-refractivity contribution in [3.8, 4) is 0 Å². The first-order chi connectivity index (χ1) is 12.3. The molecule has 1 N–H and O–H groups in total. The fraction of sp³-hybridized carbons (Fsp3) is 0.600. The van der Waals surface area contributed by atoms with Gasteiger partial charge in [-0.05, 0) is 42.9 Å². The van der Waals surface area contributed by atoms with E-state index in [4.69, 9.17) is 13.9 Å². The van der Waals surface area contributed by atoms with Crippen molar-refractivity contribution in [3.63, 3.8) is 0 Å². The van der Waals surface area contributed by atoms with Crippen molar-refractivity contribution in [3.05, 3.63) is 36.3 Å². The quantitative estimate of drug-likeness (QED) is 0.613. The van der Waals surface area contributed by atoms with Gasteiger partial charge in [-0.15, -0.1) is 0 Å². The van der Waals surface area contributed by atoms with Crippen molar-refractivity contribution in [1.29, 1.82) is 0 Å². The second kappa shape index (κ2) is 4.80. The molecule has 1 aromatic rings. The van der Waals surface area contributed by atoms with Crippen LogP contribution in [0.4, 0.5) is 0 Å². The van der Waals surface area contributed by atoms with E-state index in [0.717, 1.165) is 5.56 Å². The maximum atomic E-state index is 12.8. The van der Waals surface area contributed by atoms with Crippen LogP contribution in [0, 0.1) is 22.7 Å². The Morgan fingerprint density at radius 2 is 2.04 bits per heavy atom. The van der Waals surface area contributed by atoms with E-state index >= 15 is 0 Å². The summed E-state index contributed by atoms with van der Waals surface area (Å²) in [5.74, 6) is -1.20. The topological polar surface area (TPSA) is 86.0 Å². The fourth-order valence-corrected chi connectivity index (χ4v) is 6.16. The molecule has 138 valence electrons. The van der Waals surface area contributed by atoms with Gasteiger partial charge in [-0.2, -0.15) is 0 Å². The Labute approximate surface area is 151 Å². The first kappa shape index (κ1) is 16.1. The van der Waals surface area contributed by atoms with Gasteiger partial charge in [-0.1, -0.05) is 13.8 Å². The zero-order valence-electron chi connectivity index (χ0n) is 14.8. The number of ether oxygens (including phenoxy) is 2. The number of carbonyl (C=O) groups is 2. The summed E-state index contributed by atoms with van der Waals surface area (Å²) in [6.45, 7) is 4.04. The Kier molecular flexibility index (Phi) is 2.97. The SMILES string of the molecule is C[C@@]12C[C@@H](c3ccoc3)OC(=O)[C@@H]1CC[C@]1(C)[C@@H]2[C@H]2C=C[C@]1(O)C(=O)O2. The highest BCUT2D eigenvalue weighted by molar-refractivity contribution is 5.86. The van der Waals surface area contributed by atoms with Gasteiger partial charge in [0.15, 0.2) is 5.60 Å². The molecule has 6 nitrogen and oxygen atoms in total. The summed E-state index contributed by atoms with van der Waals surface area (Å²) in [5.41, 5.74) is -1.91. The maximum Gasteiger partial charge on any atom is 0.343 e. The molecule has 0 spiro atoms. The number of fused-ring (bicyclic) bond motifs is 2. The summed E-state index contributed by atoms with van der Waals surface area (Å²) in [6.07, 6.45) is 7.52. The Bertz CT molecular complexity index is 812. The number of carbonyl (C=O) groups excluding carboxylic acids is 2. The van der Waals surface area contributed by atoms with Crippen LogP contribution in [0.25, 0.3) is 0 Å². The molecule has 0 amide bonds. The lowest BCUT2D eigenvalue weighted by Crippen LogP contribution is -2.72. The van der Waals surface area contributed by atoms with Gasteiger partial charge >= 0.3 is 11.9 Å². The van der Waals surface area contributed by atoms with Gasteiger partial charge in [0.05, 0.1) is 18.4 Å². The normalized spacial score (nSPS) is 49.2. The number of cyclic esters (lactones) is 1. The summed E-state index contributed by atoms with van der Waals surface area (Å²) < 4.78 is 16.4. The van der Waals surface area contributed by atoms with E-state index in [0.29, 0.717) is 19.3 Å². The van der Waals surface area contributed by atoms with E-state index in [2.05, 4.69) is 6.92 Å². The van der Waals surface area contributed by atoms with Crippen LogP contribution in [-0.4, -0.2) is 28.8 Å². The van der Waals surface area contributed by atoms with Crippen molar-refractivity contribution in [2.45, 2.75) is 50.9 Å². The Morgan fingerprint density at radius 1 is 1.23 bits per heavy atom. The first-order valence-corrected chi connectivity index (χ1v) is 9.15. The van der Waals surface area contributed by atoms with Crippen molar-refractivity contribution in [1.82, 2.24) is 0 Å². The molecular formula is C20H22O6. The average molecular weight is 358 g/mol. The molecule has 2 aliphatic carbocycles. The molecular weight excluding hydrogens is 336 g/mol. The molecule has 5 aliphatic rings. The van der Waals surface area contributed by atoms with E-state index in [1.54, 1.807) is 24.7 Å². The van der Waals surface area contributed by atoms with Crippen LogP contribution < -0.4 is 0 Å². The molecule has 1 aromatic heterocycles. The standard InChI is InChI=1S/C20H22O6/c1-18-9-14(11-5-8-24-10-11)25-16(21)12(18)3-6-19(2)15(18)13-4-7-20(19,23)17(22)26-13/h4-5,7-8,10,12-15,23H,3,6,9H2,1-2H3/t12-,13+,14-,15+,18+,19+,20-/m0/s1. The van der Waals surface area contributed by atoms with Gasteiger partial charge in [-0.3, -0.25) is 4.79 Å². The summed E-state index contributed by atoms with van der Waals surface area (Å²) in [5, 5.41) is 11.2. The lowest BCUT2D eigenvalue weighted by molar-refractivity contribution is -0.259. The van der Waals surface area contributed by atoms with Gasteiger partial charge < -0.3 is 19.0 Å². The Morgan fingerprint density at radius 3 is 2.73 bits per heavy atom. The third kappa shape index (κ3) is 1.71. The highest BCUT2D eigenvalue weighted by atomic mass is 16.6. The molecule has 0 radical (unpaired) electrons. The predicted molar refractivity (Wildman–Crippen MR) is 88.6 cm³/mol. The maximum absolute atomic E-state index is 12.8. The van der Waals surface area contributed by atoms with E-state index in [1.165, 1.54) is 0 Å². The van der Waals surface area contributed by atoms with Crippen LogP contribution in [0.1, 0.15) is 44.8 Å². The zero-order valence-corrected chi connectivity index (χ0v) is 14.8. The third-order valence-corrected chi connectivity index (χ3v) is 7.51. The van der Waals surface area contributed by atoms with Crippen LogP contribution in [0.15, 0.2) is 35.2 Å². The first-order valence-electron chi connectivity index (χ1n) is 9.15. The minimum absolute atomic E-state index is 0.149. The van der Waals surface area contributed by atoms with Crippen LogP contribution in [-0.2, 0) is 19.1 Å². The molecule has 1 saturated carbocycles. The number of rotatable bonds is 1. The van der Waals surface area contributed by atoms with Crippen LogP contribution in [0.3, 0.4) is 0 Å². The van der Waals surface area contributed by atoms with Crippen LogP contribution in [0.5, 0.6) is 0 Å². The minimum atomic E-state index is -1.63. The summed E-state index contributed by atoms with van der Waals surface area (Å²) >= 11 is 0. The van der Waals surface area contributed by atoms with Gasteiger partial charge in [-0.25, -0.2) is 4.79 Å². The molecule has 6 heteroatoms. The van der Waals surface area contributed by atoms with E-state index in [9.17, 15) is 14.7 Å². The molecule has 7 atom stereocenters. The van der Waals surface area contributed by atoms with Crippen LogP contribution >= 0.6 is 0 Å². The highest BCUT2D eigenvalue weighted by Gasteiger charge is 2.72. The highest BCUT2D eigenvalue weighted by Crippen LogP contribution is 2.67. The van der Waals surface area contributed by atoms with Gasteiger partial charge in [0.25, 0.3) is 0 Å². The Hall–Kier alpha value is -2.08. The lowest BCUT2D eigenvalue weighted by Gasteiger charge is -2.65. The molecule has 26 heavy (non-hydrogen) atoms. The van der Waals surface area contributed by atoms with E-state index in [1.807, 2.05) is 13.0 Å². The van der Waals surface area contributed by atoms with Crippen molar-refractivity contribution >= 4 is 11.9 Å². The number of hydrogen-bond donors (Lipinski definition) is 1. The average Bonchev–Trinajstić information content (AvgIpc) is 3.10. The van der Waals surface area contributed by atoms with Gasteiger partial charge in [0, 0.05) is 16.9 Å². The molecule has 0 unspecified atom stereocenters. The molecule has 6 rings (SSSR count). The second-order valence-electron chi connectivity index (χ2n) is 8.67. The molecule has 3 fully saturated rings. The molecule has 4 heterocycles. The lowest BCUT2D eigenvalue weighted by atomic mass is 9.42. The second-order valence-corrected chi connectivity index (χ2v) is 8.67. The van der Waals surface area contributed by atoms with Gasteiger partial charge in [0.1, 0.15) is 12.2 Å². The molecule has 0 aromatic carbocycles. The van der Waals surface area contributed by atoms with Gasteiger partial charge in [0.2, 0.25) is 0 Å². The summed E-state index contributed by atoms with van der Waals surface area (Å²) in [7, 11) is 0. The van der Waals surface area contributed by atoms with Crippen molar-refractivity contribution < 1.29 is 28.6 Å².